The number of halogens is 1. The smallest absolute Gasteiger partial charge is 0.231 e. The Morgan fingerprint density at radius 1 is 1.15 bits per heavy atom. The summed E-state index contributed by atoms with van der Waals surface area (Å²) < 4.78 is 16.9. The van der Waals surface area contributed by atoms with Crippen LogP contribution in [0.5, 0.6) is 17.2 Å². The van der Waals surface area contributed by atoms with Crippen LogP contribution in [-0.4, -0.2) is 13.9 Å². The maximum Gasteiger partial charge on any atom is 0.231 e. The molecule has 0 bridgehead atoms. The highest BCUT2D eigenvalue weighted by Gasteiger charge is 2.13. The fourth-order valence-corrected chi connectivity index (χ4v) is 2.40. The van der Waals surface area contributed by atoms with Crippen molar-refractivity contribution in [3.63, 3.8) is 0 Å². The van der Waals surface area contributed by atoms with E-state index >= 15 is 0 Å². The van der Waals surface area contributed by atoms with Gasteiger partial charge in [0.05, 0.1) is 7.11 Å². The average Bonchev–Trinajstić information content (AvgIpc) is 2.94. The van der Waals surface area contributed by atoms with Crippen LogP contribution in [0.1, 0.15) is 5.56 Å². The van der Waals surface area contributed by atoms with E-state index in [1.807, 2.05) is 36.4 Å². The van der Waals surface area contributed by atoms with Crippen molar-refractivity contribution in [1.82, 2.24) is 0 Å². The number of hydrogen-bond acceptors (Lipinski definition) is 4. The summed E-state index contributed by atoms with van der Waals surface area (Å²) in [6.07, 6.45) is 0. The zero-order chi connectivity index (χ0) is 13.9. The highest BCUT2D eigenvalue weighted by Crippen LogP contribution is 2.34. The zero-order valence-electron chi connectivity index (χ0n) is 11.0. The largest absolute Gasteiger partial charge is 0.497 e. The Bertz CT molecular complexity index is 631. The van der Waals surface area contributed by atoms with Gasteiger partial charge in [0.1, 0.15) is 5.75 Å². The number of anilines is 1. The van der Waals surface area contributed by atoms with Gasteiger partial charge in [-0.3, -0.25) is 0 Å². The van der Waals surface area contributed by atoms with E-state index in [9.17, 15) is 0 Å². The van der Waals surface area contributed by atoms with Crippen LogP contribution < -0.4 is 19.5 Å². The Labute approximate surface area is 125 Å². The van der Waals surface area contributed by atoms with Crippen LogP contribution in [0.2, 0.25) is 0 Å². The van der Waals surface area contributed by atoms with Gasteiger partial charge in [-0.05, 0) is 35.9 Å². The average molecular weight is 336 g/mol. The Morgan fingerprint density at radius 3 is 2.85 bits per heavy atom. The molecule has 4 nitrogen and oxygen atoms in total. The predicted molar refractivity (Wildman–Crippen MR) is 80.6 cm³/mol. The molecule has 0 radical (unpaired) electrons. The molecule has 2 aromatic carbocycles. The van der Waals surface area contributed by atoms with Gasteiger partial charge in [0.25, 0.3) is 0 Å². The highest BCUT2D eigenvalue weighted by atomic mass is 79.9. The van der Waals surface area contributed by atoms with E-state index in [0.717, 1.165) is 33.0 Å². The Morgan fingerprint density at radius 2 is 2.00 bits per heavy atom. The summed E-state index contributed by atoms with van der Waals surface area (Å²) in [4.78, 5) is 0. The minimum atomic E-state index is 0.292. The van der Waals surface area contributed by atoms with Crippen LogP contribution in [0.3, 0.4) is 0 Å². The molecule has 1 heterocycles. The summed E-state index contributed by atoms with van der Waals surface area (Å²) in [7, 11) is 1.66. The van der Waals surface area contributed by atoms with Crippen LogP contribution in [-0.2, 0) is 6.54 Å². The molecule has 0 unspecified atom stereocenters. The summed E-state index contributed by atoms with van der Waals surface area (Å²) in [5.74, 6) is 2.41. The van der Waals surface area contributed by atoms with Crippen molar-refractivity contribution in [1.29, 1.82) is 0 Å². The molecule has 0 atom stereocenters. The molecule has 0 aliphatic carbocycles. The van der Waals surface area contributed by atoms with Crippen molar-refractivity contribution in [3.05, 3.63) is 46.4 Å². The minimum absolute atomic E-state index is 0.292. The Balaban J connectivity index is 1.73. The number of fused-ring (bicyclic) bond motifs is 1. The van der Waals surface area contributed by atoms with Crippen LogP contribution in [0.25, 0.3) is 0 Å². The molecular weight excluding hydrogens is 322 g/mol. The van der Waals surface area contributed by atoms with Crippen molar-refractivity contribution in [2.45, 2.75) is 6.54 Å². The second-order valence-corrected chi connectivity index (χ2v) is 5.23. The Hall–Kier alpha value is -1.88. The van der Waals surface area contributed by atoms with Gasteiger partial charge < -0.3 is 19.5 Å². The minimum Gasteiger partial charge on any atom is -0.497 e. The zero-order valence-corrected chi connectivity index (χ0v) is 12.6. The lowest BCUT2D eigenvalue weighted by Crippen LogP contribution is -2.00. The molecule has 0 saturated heterocycles. The van der Waals surface area contributed by atoms with Crippen molar-refractivity contribution < 1.29 is 14.2 Å². The first-order valence-electron chi connectivity index (χ1n) is 6.22. The van der Waals surface area contributed by atoms with E-state index in [-0.39, 0.29) is 0 Å². The number of ether oxygens (including phenoxy) is 3. The van der Waals surface area contributed by atoms with Gasteiger partial charge >= 0.3 is 0 Å². The van der Waals surface area contributed by atoms with Crippen LogP contribution >= 0.6 is 15.9 Å². The lowest BCUT2D eigenvalue weighted by Gasteiger charge is -2.10. The summed E-state index contributed by atoms with van der Waals surface area (Å²) >= 11 is 3.54. The monoisotopic (exact) mass is 335 g/mol. The molecule has 0 aromatic heterocycles. The van der Waals surface area contributed by atoms with Gasteiger partial charge in [0.2, 0.25) is 6.79 Å². The first kappa shape index (κ1) is 13.1. The number of rotatable bonds is 4. The van der Waals surface area contributed by atoms with Gasteiger partial charge in [-0.15, -0.1) is 0 Å². The maximum atomic E-state index is 5.36. The van der Waals surface area contributed by atoms with Gasteiger partial charge in [0, 0.05) is 22.8 Å². The number of nitrogens with one attached hydrogen (secondary N) is 1. The van der Waals surface area contributed by atoms with Crippen molar-refractivity contribution >= 4 is 21.6 Å². The van der Waals surface area contributed by atoms with Crippen LogP contribution in [0.4, 0.5) is 5.69 Å². The SMILES string of the molecule is COc1ccc(Br)c(CNc2ccc3c(c2)OCO3)c1. The summed E-state index contributed by atoms with van der Waals surface area (Å²) in [5, 5.41) is 3.36. The first-order chi connectivity index (χ1) is 9.76. The third-order valence-electron chi connectivity index (χ3n) is 3.11. The molecule has 1 aliphatic rings. The second kappa shape index (κ2) is 5.63. The number of hydrogen-bond donors (Lipinski definition) is 1. The molecule has 0 amide bonds. The molecule has 20 heavy (non-hydrogen) atoms. The standard InChI is InChI=1S/C15H14BrNO3/c1-18-12-3-4-13(16)10(6-12)8-17-11-2-5-14-15(7-11)20-9-19-14/h2-7,17H,8-9H2,1H3. The third kappa shape index (κ3) is 2.67. The molecule has 5 heteroatoms. The predicted octanol–water partition coefficient (Wildman–Crippen LogP) is 3.80. The van der Waals surface area contributed by atoms with E-state index in [4.69, 9.17) is 14.2 Å². The highest BCUT2D eigenvalue weighted by molar-refractivity contribution is 9.10. The molecule has 0 fully saturated rings. The van der Waals surface area contributed by atoms with Gasteiger partial charge in [-0.25, -0.2) is 0 Å². The van der Waals surface area contributed by atoms with Gasteiger partial charge in [-0.2, -0.15) is 0 Å². The quantitative estimate of drug-likeness (QED) is 0.922. The number of methoxy groups -OCH3 is 1. The van der Waals surface area contributed by atoms with Crippen molar-refractivity contribution in [3.8, 4) is 17.2 Å². The molecule has 0 saturated carbocycles. The molecule has 1 aliphatic heterocycles. The fourth-order valence-electron chi connectivity index (χ4n) is 2.02. The molecule has 3 rings (SSSR count). The molecule has 0 spiro atoms. The maximum absolute atomic E-state index is 5.36. The lowest BCUT2D eigenvalue weighted by atomic mass is 10.2. The van der Waals surface area contributed by atoms with E-state index < -0.39 is 0 Å². The summed E-state index contributed by atoms with van der Waals surface area (Å²) in [5.41, 5.74) is 2.12. The van der Waals surface area contributed by atoms with Gasteiger partial charge in [-0.1, -0.05) is 15.9 Å². The molecule has 104 valence electrons. The molecule has 1 N–H and O–H groups in total. The van der Waals surface area contributed by atoms with E-state index in [1.54, 1.807) is 7.11 Å². The first-order valence-corrected chi connectivity index (χ1v) is 7.01. The second-order valence-electron chi connectivity index (χ2n) is 4.38. The molecule has 2 aromatic rings. The molecular formula is C15H14BrNO3. The van der Waals surface area contributed by atoms with E-state index in [0.29, 0.717) is 13.3 Å². The van der Waals surface area contributed by atoms with Crippen LogP contribution in [0, 0.1) is 0 Å². The van der Waals surface area contributed by atoms with E-state index in [1.165, 1.54) is 0 Å². The Kier molecular flexibility index (Phi) is 3.69. The number of benzene rings is 2. The van der Waals surface area contributed by atoms with E-state index in [2.05, 4.69) is 21.2 Å². The van der Waals surface area contributed by atoms with Gasteiger partial charge in [0.15, 0.2) is 11.5 Å². The summed E-state index contributed by atoms with van der Waals surface area (Å²) in [6, 6.07) is 11.7. The van der Waals surface area contributed by atoms with Crippen LogP contribution in [0.15, 0.2) is 40.9 Å². The summed E-state index contributed by atoms with van der Waals surface area (Å²) in [6.45, 7) is 0.984. The normalized spacial score (nSPS) is 12.3. The lowest BCUT2D eigenvalue weighted by molar-refractivity contribution is 0.174. The van der Waals surface area contributed by atoms with Crippen molar-refractivity contribution in [2.75, 3.05) is 19.2 Å². The third-order valence-corrected chi connectivity index (χ3v) is 3.88. The topological polar surface area (TPSA) is 39.7 Å². The fraction of sp³-hybridized carbons (Fsp3) is 0.200. The van der Waals surface area contributed by atoms with Crippen molar-refractivity contribution in [2.24, 2.45) is 0 Å².